The summed E-state index contributed by atoms with van der Waals surface area (Å²) in [6, 6.07) is 0.294. The van der Waals surface area contributed by atoms with Gasteiger partial charge in [0.15, 0.2) is 0 Å². The van der Waals surface area contributed by atoms with Crippen molar-refractivity contribution in [1.82, 2.24) is 4.90 Å². The molecule has 2 fully saturated rings. The topological polar surface area (TPSA) is 46.3 Å². The lowest BCUT2D eigenvalue weighted by molar-refractivity contribution is -0.135. The molecule has 2 unspecified atom stereocenters. The maximum absolute atomic E-state index is 12.4. The van der Waals surface area contributed by atoms with Crippen molar-refractivity contribution < 1.29 is 4.79 Å². The first kappa shape index (κ1) is 14.8. The summed E-state index contributed by atoms with van der Waals surface area (Å²) >= 11 is 0. The van der Waals surface area contributed by atoms with Crippen LogP contribution in [0.3, 0.4) is 0 Å². The van der Waals surface area contributed by atoms with Crippen molar-refractivity contribution in [2.75, 3.05) is 13.1 Å². The van der Waals surface area contributed by atoms with Gasteiger partial charge in [-0.05, 0) is 31.1 Å². The van der Waals surface area contributed by atoms with Crippen LogP contribution in [0.4, 0.5) is 0 Å². The zero-order chi connectivity index (χ0) is 13.7. The van der Waals surface area contributed by atoms with Crippen LogP contribution in [-0.2, 0) is 4.79 Å². The van der Waals surface area contributed by atoms with E-state index in [9.17, 15) is 4.79 Å². The van der Waals surface area contributed by atoms with E-state index in [0.29, 0.717) is 18.5 Å². The quantitative estimate of drug-likeness (QED) is 0.850. The normalized spacial score (nSPS) is 29.5. The summed E-state index contributed by atoms with van der Waals surface area (Å²) in [4.78, 5) is 14.5. The van der Waals surface area contributed by atoms with Gasteiger partial charge in [-0.15, -0.1) is 0 Å². The van der Waals surface area contributed by atoms with Crippen molar-refractivity contribution in [2.24, 2.45) is 17.6 Å². The van der Waals surface area contributed by atoms with E-state index in [1.54, 1.807) is 0 Å². The molecule has 19 heavy (non-hydrogen) atoms. The highest BCUT2D eigenvalue weighted by Gasteiger charge is 2.29. The van der Waals surface area contributed by atoms with Gasteiger partial charge in [0.2, 0.25) is 5.91 Å². The molecule has 1 aliphatic carbocycles. The zero-order valence-corrected chi connectivity index (χ0v) is 12.4. The molecule has 0 aromatic carbocycles. The predicted octanol–water partition coefficient (Wildman–Crippen LogP) is 2.93. The van der Waals surface area contributed by atoms with Gasteiger partial charge in [0.25, 0.3) is 0 Å². The van der Waals surface area contributed by atoms with Crippen molar-refractivity contribution in [1.29, 1.82) is 0 Å². The summed E-state index contributed by atoms with van der Waals surface area (Å²) in [6.07, 6.45) is 10.9. The molecule has 1 amide bonds. The van der Waals surface area contributed by atoms with Gasteiger partial charge in [-0.1, -0.05) is 39.0 Å². The molecule has 1 saturated carbocycles. The number of rotatable bonds is 4. The van der Waals surface area contributed by atoms with Gasteiger partial charge in [-0.3, -0.25) is 4.79 Å². The standard InChI is InChI=1S/C16H30N2O/c1-13-9-10-18(15(11-13)12-17)16(19)8-7-14-5-3-2-4-6-14/h13-15H,2-12,17H2,1H3. The summed E-state index contributed by atoms with van der Waals surface area (Å²) < 4.78 is 0. The minimum atomic E-state index is 0.294. The Labute approximate surface area is 117 Å². The number of likely N-dealkylation sites (tertiary alicyclic amines) is 1. The molecule has 0 aromatic rings. The average Bonchev–Trinajstić information content (AvgIpc) is 2.45. The molecule has 1 aliphatic heterocycles. The Kier molecular flexibility index (Phi) is 5.68. The number of carbonyl (C=O) groups excluding carboxylic acids is 1. The summed E-state index contributed by atoms with van der Waals surface area (Å²) in [5, 5.41) is 0. The minimum Gasteiger partial charge on any atom is -0.338 e. The van der Waals surface area contributed by atoms with Gasteiger partial charge in [-0.2, -0.15) is 0 Å². The number of nitrogens with zero attached hydrogens (tertiary/aromatic N) is 1. The first-order valence-electron chi connectivity index (χ1n) is 8.20. The molecule has 110 valence electrons. The third-order valence-electron chi connectivity index (χ3n) is 5.06. The summed E-state index contributed by atoms with van der Waals surface area (Å²) in [5.41, 5.74) is 5.84. The van der Waals surface area contributed by atoms with Crippen LogP contribution in [0.15, 0.2) is 0 Å². The molecule has 2 aliphatic rings. The van der Waals surface area contributed by atoms with Crippen LogP contribution in [0.25, 0.3) is 0 Å². The van der Waals surface area contributed by atoms with E-state index >= 15 is 0 Å². The SMILES string of the molecule is CC1CCN(C(=O)CCC2CCCCC2)C(CN)C1. The van der Waals surface area contributed by atoms with Crippen LogP contribution in [0.1, 0.15) is 64.7 Å². The molecule has 1 heterocycles. The third kappa shape index (κ3) is 4.20. The van der Waals surface area contributed by atoms with Crippen LogP contribution in [0.2, 0.25) is 0 Å². The van der Waals surface area contributed by atoms with Crippen molar-refractivity contribution in [3.8, 4) is 0 Å². The smallest absolute Gasteiger partial charge is 0.222 e. The van der Waals surface area contributed by atoms with Crippen LogP contribution >= 0.6 is 0 Å². The number of hydrogen-bond donors (Lipinski definition) is 1. The van der Waals surface area contributed by atoms with Gasteiger partial charge in [0.1, 0.15) is 0 Å². The van der Waals surface area contributed by atoms with Crippen molar-refractivity contribution in [3.05, 3.63) is 0 Å². The predicted molar refractivity (Wildman–Crippen MR) is 78.8 cm³/mol. The van der Waals surface area contributed by atoms with Gasteiger partial charge < -0.3 is 10.6 Å². The molecule has 1 saturated heterocycles. The first-order chi connectivity index (χ1) is 9.20. The van der Waals surface area contributed by atoms with E-state index in [1.165, 1.54) is 32.1 Å². The van der Waals surface area contributed by atoms with E-state index in [-0.39, 0.29) is 0 Å². The minimum absolute atomic E-state index is 0.294. The zero-order valence-electron chi connectivity index (χ0n) is 12.4. The summed E-state index contributed by atoms with van der Waals surface area (Å²) in [7, 11) is 0. The Morgan fingerprint density at radius 3 is 2.63 bits per heavy atom. The highest BCUT2D eigenvalue weighted by Crippen LogP contribution is 2.28. The highest BCUT2D eigenvalue weighted by molar-refractivity contribution is 5.76. The molecule has 0 spiro atoms. The van der Waals surface area contributed by atoms with Gasteiger partial charge >= 0.3 is 0 Å². The molecular weight excluding hydrogens is 236 g/mol. The van der Waals surface area contributed by atoms with Crippen LogP contribution < -0.4 is 5.73 Å². The molecule has 2 rings (SSSR count). The van der Waals surface area contributed by atoms with Crippen molar-refractivity contribution in [2.45, 2.75) is 70.8 Å². The molecule has 0 bridgehead atoms. The van der Waals surface area contributed by atoms with E-state index in [4.69, 9.17) is 5.73 Å². The fourth-order valence-electron chi connectivity index (χ4n) is 3.75. The Morgan fingerprint density at radius 1 is 1.21 bits per heavy atom. The first-order valence-corrected chi connectivity index (χ1v) is 8.20. The lowest BCUT2D eigenvalue weighted by Gasteiger charge is -2.38. The van der Waals surface area contributed by atoms with Crippen LogP contribution in [0.5, 0.6) is 0 Å². The van der Waals surface area contributed by atoms with E-state index in [0.717, 1.165) is 44.1 Å². The Hall–Kier alpha value is -0.570. The van der Waals surface area contributed by atoms with Gasteiger partial charge in [0.05, 0.1) is 0 Å². The summed E-state index contributed by atoms with van der Waals surface area (Å²) in [5.74, 6) is 1.88. The number of hydrogen-bond acceptors (Lipinski definition) is 2. The number of amides is 1. The van der Waals surface area contributed by atoms with Crippen LogP contribution in [-0.4, -0.2) is 29.9 Å². The van der Waals surface area contributed by atoms with Gasteiger partial charge in [-0.25, -0.2) is 0 Å². The Balaban J connectivity index is 1.77. The lowest BCUT2D eigenvalue weighted by atomic mass is 9.85. The molecule has 0 radical (unpaired) electrons. The molecule has 2 atom stereocenters. The molecular formula is C16H30N2O. The molecule has 3 heteroatoms. The summed E-state index contributed by atoms with van der Waals surface area (Å²) in [6.45, 7) is 3.82. The fourth-order valence-corrected chi connectivity index (χ4v) is 3.75. The molecule has 3 nitrogen and oxygen atoms in total. The second kappa shape index (κ2) is 7.28. The monoisotopic (exact) mass is 266 g/mol. The Bertz CT molecular complexity index is 286. The third-order valence-corrected chi connectivity index (χ3v) is 5.06. The highest BCUT2D eigenvalue weighted by atomic mass is 16.2. The van der Waals surface area contributed by atoms with E-state index in [1.807, 2.05) is 0 Å². The number of carbonyl (C=O) groups is 1. The lowest BCUT2D eigenvalue weighted by Crippen LogP contribution is -2.49. The fraction of sp³-hybridized carbons (Fsp3) is 0.938. The van der Waals surface area contributed by atoms with E-state index < -0.39 is 0 Å². The second-order valence-corrected chi connectivity index (χ2v) is 6.65. The maximum atomic E-state index is 12.4. The van der Waals surface area contributed by atoms with Gasteiger partial charge in [0, 0.05) is 25.6 Å². The van der Waals surface area contributed by atoms with E-state index in [2.05, 4.69) is 11.8 Å². The maximum Gasteiger partial charge on any atom is 0.222 e. The second-order valence-electron chi connectivity index (χ2n) is 6.65. The number of piperidine rings is 1. The number of nitrogens with two attached hydrogens (primary N) is 1. The van der Waals surface area contributed by atoms with Crippen LogP contribution in [0, 0.1) is 11.8 Å². The largest absolute Gasteiger partial charge is 0.338 e. The Morgan fingerprint density at radius 2 is 1.95 bits per heavy atom. The van der Waals surface area contributed by atoms with Crippen molar-refractivity contribution >= 4 is 5.91 Å². The molecule has 0 aromatic heterocycles. The average molecular weight is 266 g/mol. The molecule has 2 N–H and O–H groups in total. The van der Waals surface area contributed by atoms with Crippen molar-refractivity contribution in [3.63, 3.8) is 0 Å².